The van der Waals surface area contributed by atoms with Crippen molar-refractivity contribution in [3.05, 3.63) is 0 Å². The molecule has 0 saturated carbocycles. The molecule has 0 saturated heterocycles. The van der Waals surface area contributed by atoms with Gasteiger partial charge in [0, 0.05) is 6.61 Å². The van der Waals surface area contributed by atoms with Crippen LogP contribution in [0.2, 0.25) is 0 Å². The topological polar surface area (TPSA) is 38.7 Å². The fourth-order valence-electron chi connectivity index (χ4n) is 1.13. The number of aliphatic hydroxyl groups excluding tert-OH is 1. The molecule has 0 aromatic rings. The van der Waals surface area contributed by atoms with Gasteiger partial charge in [-0.2, -0.15) is 0 Å². The highest BCUT2D eigenvalue weighted by Crippen LogP contribution is 2.28. The summed E-state index contributed by atoms with van der Waals surface area (Å²) in [7, 11) is 0. The van der Waals surface area contributed by atoms with Crippen LogP contribution in [0.3, 0.4) is 0 Å². The average molecular weight is 232 g/mol. The second-order valence-electron chi connectivity index (χ2n) is 5.76. The van der Waals surface area contributed by atoms with E-state index in [9.17, 15) is 0 Å². The molecular formula is C13H28O3. The van der Waals surface area contributed by atoms with Crippen molar-refractivity contribution in [2.45, 2.75) is 47.1 Å². The van der Waals surface area contributed by atoms with Gasteiger partial charge < -0.3 is 14.6 Å². The molecule has 0 aromatic carbocycles. The minimum absolute atomic E-state index is 0.0472. The second-order valence-corrected chi connectivity index (χ2v) is 5.76. The van der Waals surface area contributed by atoms with E-state index >= 15 is 0 Å². The Morgan fingerprint density at radius 3 is 2.19 bits per heavy atom. The van der Waals surface area contributed by atoms with Crippen molar-refractivity contribution in [1.82, 2.24) is 0 Å². The van der Waals surface area contributed by atoms with E-state index in [-0.39, 0.29) is 12.0 Å². The molecule has 3 nitrogen and oxygen atoms in total. The van der Waals surface area contributed by atoms with Crippen LogP contribution in [0.5, 0.6) is 0 Å². The Morgan fingerprint density at radius 2 is 1.75 bits per heavy atom. The van der Waals surface area contributed by atoms with Gasteiger partial charge >= 0.3 is 0 Å². The van der Waals surface area contributed by atoms with Crippen LogP contribution in [0, 0.1) is 11.3 Å². The molecule has 3 heteroatoms. The summed E-state index contributed by atoms with van der Waals surface area (Å²) in [6.45, 7) is 14.5. The predicted octanol–water partition coefficient (Wildman–Crippen LogP) is 2.47. The number of aliphatic hydroxyl groups is 1. The quantitative estimate of drug-likeness (QED) is 0.698. The molecule has 0 aliphatic rings. The Labute approximate surface area is 100 Å². The third kappa shape index (κ3) is 5.83. The van der Waals surface area contributed by atoms with Crippen LogP contribution in [0.4, 0.5) is 0 Å². The summed E-state index contributed by atoms with van der Waals surface area (Å²) >= 11 is 0. The molecule has 0 fully saturated rings. The fraction of sp³-hybridized carbons (Fsp3) is 1.00. The largest absolute Gasteiger partial charge is 0.393 e. The average Bonchev–Trinajstić information content (AvgIpc) is 2.23. The van der Waals surface area contributed by atoms with Crippen molar-refractivity contribution < 1.29 is 14.6 Å². The lowest BCUT2D eigenvalue weighted by Gasteiger charge is -2.34. The van der Waals surface area contributed by atoms with E-state index in [0.717, 1.165) is 13.2 Å². The number of hydrogen-bond donors (Lipinski definition) is 1. The van der Waals surface area contributed by atoms with Crippen LogP contribution in [0.1, 0.15) is 41.5 Å². The van der Waals surface area contributed by atoms with Gasteiger partial charge in [0.15, 0.2) is 0 Å². The Balaban J connectivity index is 4.08. The van der Waals surface area contributed by atoms with Crippen molar-refractivity contribution >= 4 is 0 Å². The normalized spacial score (nSPS) is 15.2. The van der Waals surface area contributed by atoms with Crippen LogP contribution < -0.4 is 0 Å². The summed E-state index contributed by atoms with van der Waals surface area (Å²) in [5, 5.41) is 9.10. The van der Waals surface area contributed by atoms with Gasteiger partial charge in [0.25, 0.3) is 0 Å². The van der Waals surface area contributed by atoms with Crippen molar-refractivity contribution in [2.75, 3.05) is 26.4 Å². The fourth-order valence-corrected chi connectivity index (χ4v) is 1.13. The second kappa shape index (κ2) is 6.58. The van der Waals surface area contributed by atoms with Crippen LogP contribution in [-0.4, -0.2) is 37.1 Å². The molecule has 98 valence electrons. The zero-order chi connectivity index (χ0) is 12.8. The number of rotatable bonds is 8. The monoisotopic (exact) mass is 232 g/mol. The van der Waals surface area contributed by atoms with E-state index in [1.807, 2.05) is 20.8 Å². The predicted molar refractivity (Wildman–Crippen MR) is 66.6 cm³/mol. The Morgan fingerprint density at radius 1 is 1.19 bits per heavy atom. The maximum atomic E-state index is 9.10. The van der Waals surface area contributed by atoms with Crippen LogP contribution in [0.25, 0.3) is 0 Å². The summed E-state index contributed by atoms with van der Waals surface area (Å²) in [5.41, 5.74) is -0.350. The molecule has 0 heterocycles. The first-order valence-corrected chi connectivity index (χ1v) is 6.07. The Bertz CT molecular complexity index is 188. The molecule has 0 spiro atoms. The summed E-state index contributed by atoms with van der Waals surface area (Å²) < 4.78 is 11.2. The first kappa shape index (κ1) is 15.9. The van der Waals surface area contributed by atoms with Gasteiger partial charge in [-0.1, -0.05) is 20.8 Å². The highest BCUT2D eigenvalue weighted by molar-refractivity contribution is 4.76. The van der Waals surface area contributed by atoms with Crippen LogP contribution in [0.15, 0.2) is 0 Å². The molecule has 0 aromatic heterocycles. The molecule has 16 heavy (non-hydrogen) atoms. The molecule has 0 aliphatic carbocycles. The van der Waals surface area contributed by atoms with Crippen molar-refractivity contribution in [1.29, 1.82) is 0 Å². The molecule has 0 bridgehead atoms. The first-order valence-electron chi connectivity index (χ1n) is 6.07. The van der Waals surface area contributed by atoms with Gasteiger partial charge in [-0.15, -0.1) is 0 Å². The van der Waals surface area contributed by atoms with Crippen LogP contribution in [-0.2, 0) is 9.47 Å². The van der Waals surface area contributed by atoms with E-state index in [1.54, 1.807) is 0 Å². The van der Waals surface area contributed by atoms with Gasteiger partial charge in [-0.25, -0.2) is 0 Å². The summed E-state index contributed by atoms with van der Waals surface area (Å²) in [6.07, 6.45) is 0. The van der Waals surface area contributed by atoms with Crippen LogP contribution >= 0.6 is 0 Å². The molecule has 1 N–H and O–H groups in total. The molecule has 0 amide bonds. The number of ether oxygens (including phenoxy) is 2. The van der Waals surface area contributed by atoms with E-state index in [0.29, 0.717) is 12.5 Å². The highest BCUT2D eigenvalue weighted by Gasteiger charge is 2.28. The lowest BCUT2D eigenvalue weighted by molar-refractivity contribution is -0.0868. The Kier molecular flexibility index (Phi) is 6.53. The minimum Gasteiger partial charge on any atom is -0.393 e. The lowest BCUT2D eigenvalue weighted by atomic mass is 9.81. The van der Waals surface area contributed by atoms with Crippen molar-refractivity contribution in [3.8, 4) is 0 Å². The molecular weight excluding hydrogens is 204 g/mol. The molecule has 0 rings (SSSR count). The van der Waals surface area contributed by atoms with Gasteiger partial charge in [-0.3, -0.25) is 0 Å². The van der Waals surface area contributed by atoms with Gasteiger partial charge in [0.2, 0.25) is 0 Å². The van der Waals surface area contributed by atoms with Crippen molar-refractivity contribution in [2.24, 2.45) is 11.3 Å². The minimum atomic E-state index is -0.448. The first-order chi connectivity index (χ1) is 7.25. The standard InChI is InChI=1S/C13H28O3/c1-7-15-10-12(3,4)11(2)8-16-13(5,6)9-14/h11,14H,7-10H2,1-6H3/t11-/m1/s1. The zero-order valence-corrected chi connectivity index (χ0v) is 11.7. The smallest absolute Gasteiger partial charge is 0.0856 e. The van der Waals surface area contributed by atoms with Gasteiger partial charge in [-0.05, 0) is 32.1 Å². The molecule has 0 aliphatic heterocycles. The third-order valence-electron chi connectivity index (χ3n) is 3.12. The Hall–Kier alpha value is -0.120. The van der Waals surface area contributed by atoms with Gasteiger partial charge in [0.05, 0.1) is 25.4 Å². The maximum Gasteiger partial charge on any atom is 0.0856 e. The van der Waals surface area contributed by atoms with E-state index in [1.165, 1.54) is 0 Å². The highest BCUT2D eigenvalue weighted by atomic mass is 16.5. The van der Waals surface area contributed by atoms with Crippen molar-refractivity contribution in [3.63, 3.8) is 0 Å². The lowest BCUT2D eigenvalue weighted by Crippen LogP contribution is -2.36. The van der Waals surface area contributed by atoms with E-state index in [4.69, 9.17) is 14.6 Å². The third-order valence-corrected chi connectivity index (χ3v) is 3.12. The summed E-state index contributed by atoms with van der Waals surface area (Å²) in [4.78, 5) is 0. The summed E-state index contributed by atoms with van der Waals surface area (Å²) in [6, 6.07) is 0. The SMILES string of the molecule is CCOCC(C)(C)[C@H](C)COC(C)(C)CO. The molecule has 1 atom stereocenters. The zero-order valence-electron chi connectivity index (χ0n) is 11.7. The van der Waals surface area contributed by atoms with E-state index in [2.05, 4.69) is 20.8 Å². The molecule has 0 radical (unpaired) electrons. The number of hydrogen-bond acceptors (Lipinski definition) is 3. The maximum absolute atomic E-state index is 9.10. The van der Waals surface area contributed by atoms with Gasteiger partial charge in [0.1, 0.15) is 0 Å². The molecule has 0 unspecified atom stereocenters. The summed E-state index contributed by atoms with van der Waals surface area (Å²) in [5.74, 6) is 0.393. The van der Waals surface area contributed by atoms with E-state index < -0.39 is 5.60 Å².